The quantitative estimate of drug-likeness (QED) is 0.830. The van der Waals surface area contributed by atoms with Crippen molar-refractivity contribution in [1.29, 1.82) is 0 Å². The van der Waals surface area contributed by atoms with Gasteiger partial charge in [-0.1, -0.05) is 27.2 Å². The number of aryl methyl sites for hydroxylation is 1. The van der Waals surface area contributed by atoms with Crippen LogP contribution in [0, 0.1) is 5.92 Å². The van der Waals surface area contributed by atoms with Crippen LogP contribution < -0.4 is 0 Å². The summed E-state index contributed by atoms with van der Waals surface area (Å²) in [4.78, 5) is 15.9. The van der Waals surface area contributed by atoms with Crippen LogP contribution in [0.3, 0.4) is 0 Å². The average molecular weight is 241 g/mol. The number of nitrogens with zero attached hydrogens (tertiary/aromatic N) is 1. The molecule has 3 nitrogen and oxygen atoms in total. The lowest BCUT2D eigenvalue weighted by molar-refractivity contribution is 0.0700. The van der Waals surface area contributed by atoms with Gasteiger partial charge in [0, 0.05) is 0 Å². The summed E-state index contributed by atoms with van der Waals surface area (Å²) in [5, 5.41) is 10.1. The Bertz CT molecular complexity index is 358. The predicted octanol–water partition coefficient (Wildman–Crippen LogP) is 3.38. The second-order valence-corrected chi connectivity index (χ2v) is 5.47. The molecule has 0 atom stereocenters. The number of carboxylic acids is 1. The number of aromatic nitrogens is 1. The molecule has 0 aliphatic rings. The Balaban J connectivity index is 2.86. The zero-order chi connectivity index (χ0) is 12.1. The number of carboxylic acid groups (broad SMARTS) is 1. The Morgan fingerprint density at radius 2 is 2.19 bits per heavy atom. The minimum absolute atomic E-state index is 0.430. The second kappa shape index (κ2) is 5.99. The van der Waals surface area contributed by atoms with Gasteiger partial charge in [-0.25, -0.2) is 9.78 Å². The highest BCUT2D eigenvalue weighted by Crippen LogP contribution is 2.22. The van der Waals surface area contributed by atoms with Crippen LogP contribution in [0.4, 0.5) is 0 Å². The van der Waals surface area contributed by atoms with E-state index in [4.69, 9.17) is 5.11 Å². The number of hydrogen-bond donors (Lipinski definition) is 1. The second-order valence-electron chi connectivity index (χ2n) is 4.39. The SMILES string of the molecule is CCCCc1nc(CC(C)C)c(C(=O)O)s1. The van der Waals surface area contributed by atoms with E-state index in [1.54, 1.807) is 0 Å². The molecule has 1 rings (SSSR count). The van der Waals surface area contributed by atoms with Crippen LogP contribution in [0.25, 0.3) is 0 Å². The first kappa shape index (κ1) is 13.2. The lowest BCUT2D eigenvalue weighted by atomic mass is 10.1. The molecule has 0 bridgehead atoms. The van der Waals surface area contributed by atoms with E-state index in [0.29, 0.717) is 10.8 Å². The molecule has 0 aromatic carbocycles. The summed E-state index contributed by atoms with van der Waals surface area (Å²) in [5.74, 6) is -0.393. The summed E-state index contributed by atoms with van der Waals surface area (Å²) in [7, 11) is 0. The Hall–Kier alpha value is -0.900. The molecule has 1 aromatic heterocycles. The number of aromatic carboxylic acids is 1. The van der Waals surface area contributed by atoms with E-state index in [2.05, 4.69) is 25.8 Å². The van der Waals surface area contributed by atoms with Crippen molar-refractivity contribution in [3.63, 3.8) is 0 Å². The maximum Gasteiger partial charge on any atom is 0.347 e. The van der Waals surface area contributed by atoms with Crippen LogP contribution in [0.2, 0.25) is 0 Å². The van der Waals surface area contributed by atoms with E-state index in [1.807, 2.05) is 0 Å². The van der Waals surface area contributed by atoms with Gasteiger partial charge < -0.3 is 5.11 Å². The summed E-state index contributed by atoms with van der Waals surface area (Å²) >= 11 is 1.34. The van der Waals surface area contributed by atoms with Crippen LogP contribution in [0.5, 0.6) is 0 Å². The van der Waals surface area contributed by atoms with Gasteiger partial charge in [0.1, 0.15) is 4.88 Å². The fourth-order valence-electron chi connectivity index (χ4n) is 1.53. The molecule has 1 N–H and O–H groups in total. The van der Waals surface area contributed by atoms with Gasteiger partial charge in [-0.3, -0.25) is 0 Å². The fraction of sp³-hybridized carbons (Fsp3) is 0.667. The number of unbranched alkanes of at least 4 members (excludes halogenated alkanes) is 1. The molecule has 0 amide bonds. The molecule has 0 aliphatic carbocycles. The molecule has 1 heterocycles. The van der Waals surface area contributed by atoms with Crippen molar-refractivity contribution in [3.8, 4) is 0 Å². The van der Waals surface area contributed by atoms with E-state index in [-0.39, 0.29) is 0 Å². The van der Waals surface area contributed by atoms with Crippen molar-refractivity contribution in [1.82, 2.24) is 4.98 Å². The normalized spacial score (nSPS) is 11.0. The molecule has 90 valence electrons. The summed E-state index contributed by atoms with van der Waals surface area (Å²) in [6.07, 6.45) is 3.85. The van der Waals surface area contributed by atoms with Crippen LogP contribution in [0.15, 0.2) is 0 Å². The first-order valence-corrected chi connectivity index (χ1v) is 6.58. The molecule has 16 heavy (non-hydrogen) atoms. The Labute approximate surface area is 101 Å². The predicted molar refractivity (Wildman–Crippen MR) is 66.2 cm³/mol. The van der Waals surface area contributed by atoms with Crippen LogP contribution >= 0.6 is 11.3 Å². The Morgan fingerprint density at radius 1 is 1.50 bits per heavy atom. The topological polar surface area (TPSA) is 50.2 Å². The molecule has 0 unspecified atom stereocenters. The first-order valence-electron chi connectivity index (χ1n) is 5.76. The minimum Gasteiger partial charge on any atom is -0.477 e. The van der Waals surface area contributed by atoms with Gasteiger partial charge in [0.05, 0.1) is 10.7 Å². The van der Waals surface area contributed by atoms with E-state index in [9.17, 15) is 4.79 Å². The van der Waals surface area contributed by atoms with Crippen molar-refractivity contribution < 1.29 is 9.90 Å². The fourth-order valence-corrected chi connectivity index (χ4v) is 2.50. The highest BCUT2D eigenvalue weighted by atomic mass is 32.1. The largest absolute Gasteiger partial charge is 0.477 e. The molecule has 0 saturated carbocycles. The zero-order valence-corrected chi connectivity index (χ0v) is 10.9. The van der Waals surface area contributed by atoms with Crippen LogP contribution in [-0.2, 0) is 12.8 Å². The molecule has 0 aliphatic heterocycles. The lowest BCUT2D eigenvalue weighted by Gasteiger charge is -2.01. The Morgan fingerprint density at radius 3 is 2.69 bits per heavy atom. The molecule has 0 spiro atoms. The summed E-state index contributed by atoms with van der Waals surface area (Å²) < 4.78 is 0. The molecule has 0 saturated heterocycles. The van der Waals surface area contributed by atoms with Crippen molar-refractivity contribution in [2.45, 2.75) is 46.5 Å². The zero-order valence-electron chi connectivity index (χ0n) is 10.1. The summed E-state index contributed by atoms with van der Waals surface area (Å²) in [6, 6.07) is 0. The van der Waals surface area contributed by atoms with Crippen molar-refractivity contribution >= 4 is 17.3 Å². The van der Waals surface area contributed by atoms with Gasteiger partial charge in [-0.2, -0.15) is 0 Å². The number of rotatable bonds is 6. The maximum absolute atomic E-state index is 11.1. The van der Waals surface area contributed by atoms with E-state index in [1.165, 1.54) is 11.3 Å². The van der Waals surface area contributed by atoms with Crippen molar-refractivity contribution in [2.24, 2.45) is 5.92 Å². The third kappa shape index (κ3) is 3.59. The standard InChI is InChI=1S/C12H19NO2S/c1-4-5-6-10-13-9(7-8(2)3)11(16-10)12(14)15/h8H,4-7H2,1-3H3,(H,14,15). The van der Waals surface area contributed by atoms with Gasteiger partial charge in [0.2, 0.25) is 0 Å². The van der Waals surface area contributed by atoms with Gasteiger partial charge in [-0.15, -0.1) is 11.3 Å². The highest BCUT2D eigenvalue weighted by Gasteiger charge is 2.17. The van der Waals surface area contributed by atoms with Crippen molar-refractivity contribution in [3.05, 3.63) is 15.6 Å². The van der Waals surface area contributed by atoms with Crippen molar-refractivity contribution in [2.75, 3.05) is 0 Å². The van der Waals surface area contributed by atoms with Gasteiger partial charge in [0.25, 0.3) is 0 Å². The van der Waals surface area contributed by atoms with Gasteiger partial charge in [0.15, 0.2) is 0 Å². The molecule has 4 heteroatoms. The van der Waals surface area contributed by atoms with Crippen LogP contribution in [-0.4, -0.2) is 16.1 Å². The van der Waals surface area contributed by atoms with E-state index >= 15 is 0 Å². The molecule has 0 fully saturated rings. The molecular formula is C12H19NO2S. The van der Waals surface area contributed by atoms with Crippen LogP contribution in [0.1, 0.15) is 54.0 Å². The minimum atomic E-state index is -0.837. The third-order valence-electron chi connectivity index (χ3n) is 2.28. The smallest absolute Gasteiger partial charge is 0.347 e. The average Bonchev–Trinajstić information content (AvgIpc) is 2.57. The van der Waals surface area contributed by atoms with E-state index < -0.39 is 5.97 Å². The monoisotopic (exact) mass is 241 g/mol. The summed E-state index contributed by atoms with van der Waals surface area (Å²) in [5.41, 5.74) is 0.763. The number of carbonyl (C=O) groups is 1. The maximum atomic E-state index is 11.1. The Kier molecular flexibility index (Phi) is 4.93. The third-order valence-corrected chi connectivity index (χ3v) is 3.43. The van der Waals surface area contributed by atoms with E-state index in [0.717, 1.165) is 36.4 Å². The molecule has 1 aromatic rings. The van der Waals surface area contributed by atoms with Gasteiger partial charge in [-0.05, 0) is 25.2 Å². The molecule has 0 radical (unpaired) electrons. The molecular weight excluding hydrogens is 222 g/mol. The lowest BCUT2D eigenvalue weighted by Crippen LogP contribution is -2.02. The first-order chi connectivity index (χ1) is 7.54. The van der Waals surface area contributed by atoms with Gasteiger partial charge >= 0.3 is 5.97 Å². The summed E-state index contributed by atoms with van der Waals surface area (Å²) in [6.45, 7) is 6.29. The number of thiazole rings is 1. The number of hydrogen-bond acceptors (Lipinski definition) is 3. The highest BCUT2D eigenvalue weighted by molar-refractivity contribution is 7.13.